The highest BCUT2D eigenvalue weighted by molar-refractivity contribution is 9.10. The highest BCUT2D eigenvalue weighted by atomic mass is 79.9. The Morgan fingerprint density at radius 3 is 2.80 bits per heavy atom. The molecule has 0 amide bonds. The number of pyridine rings is 1. The van der Waals surface area contributed by atoms with Gasteiger partial charge in [-0.25, -0.2) is 0 Å². The Labute approximate surface area is 128 Å². The second-order valence-electron chi connectivity index (χ2n) is 5.82. The van der Waals surface area contributed by atoms with E-state index >= 15 is 0 Å². The normalized spacial score (nSPS) is 27.4. The second-order valence-corrected chi connectivity index (χ2v) is 6.74. The van der Waals surface area contributed by atoms with Crippen molar-refractivity contribution in [3.8, 4) is 0 Å². The minimum absolute atomic E-state index is 0.297. The monoisotopic (exact) mass is 339 g/mol. The molecule has 2 aliphatic rings. The lowest BCUT2D eigenvalue weighted by Crippen LogP contribution is -2.43. The molecule has 3 heterocycles. The van der Waals surface area contributed by atoms with Crippen LogP contribution >= 0.6 is 15.9 Å². The maximum atomic E-state index is 9.46. The first-order valence-corrected chi connectivity index (χ1v) is 8.29. The number of aromatic nitrogens is 1. The van der Waals surface area contributed by atoms with Crippen LogP contribution < -0.4 is 4.90 Å². The number of halogens is 1. The van der Waals surface area contributed by atoms with Crippen LogP contribution in [0.2, 0.25) is 0 Å². The zero-order valence-electron chi connectivity index (χ0n) is 11.7. The van der Waals surface area contributed by atoms with E-state index in [0.717, 1.165) is 30.5 Å². The number of hydrogen-bond donors (Lipinski definition) is 1. The van der Waals surface area contributed by atoms with Gasteiger partial charge in [0.2, 0.25) is 0 Å². The summed E-state index contributed by atoms with van der Waals surface area (Å²) in [4.78, 5) is 9.23. The minimum atomic E-state index is 0.297. The number of aliphatic hydroxyl groups is 1. The molecule has 0 aromatic carbocycles. The molecule has 5 heteroatoms. The molecule has 0 spiro atoms. The molecule has 3 rings (SSSR count). The standard InChI is InChI=1S/C15H22BrN3O/c16-12-7-15(9-17-8-12)19-6-2-3-13(19)10-18-5-1-4-14(18)11-20/h7-9,13-14,20H,1-6,10-11H2/t13-,14-/m1/s1. The Kier molecular flexibility index (Phi) is 4.58. The van der Waals surface area contributed by atoms with Crippen molar-refractivity contribution in [2.75, 3.05) is 31.1 Å². The first kappa shape index (κ1) is 14.3. The zero-order chi connectivity index (χ0) is 13.9. The third-order valence-corrected chi connectivity index (χ3v) is 4.99. The zero-order valence-corrected chi connectivity index (χ0v) is 13.3. The van der Waals surface area contributed by atoms with E-state index in [4.69, 9.17) is 0 Å². The largest absolute Gasteiger partial charge is 0.395 e. The SMILES string of the molecule is OC[C@H]1CCCN1C[C@H]1CCCN1c1cncc(Br)c1. The Bertz CT molecular complexity index is 456. The van der Waals surface area contributed by atoms with E-state index in [1.165, 1.54) is 24.9 Å². The van der Waals surface area contributed by atoms with Gasteiger partial charge in [-0.2, -0.15) is 0 Å². The topological polar surface area (TPSA) is 39.6 Å². The first-order valence-electron chi connectivity index (χ1n) is 7.50. The van der Waals surface area contributed by atoms with Crippen LogP contribution in [0.5, 0.6) is 0 Å². The maximum absolute atomic E-state index is 9.46. The molecule has 1 N–H and O–H groups in total. The van der Waals surface area contributed by atoms with Gasteiger partial charge in [0.05, 0.1) is 18.5 Å². The van der Waals surface area contributed by atoms with Gasteiger partial charge >= 0.3 is 0 Å². The van der Waals surface area contributed by atoms with Gasteiger partial charge in [0.1, 0.15) is 0 Å². The third-order valence-electron chi connectivity index (χ3n) is 4.55. The molecule has 0 radical (unpaired) electrons. The predicted molar refractivity (Wildman–Crippen MR) is 84.0 cm³/mol. The molecule has 0 unspecified atom stereocenters. The van der Waals surface area contributed by atoms with Crippen molar-refractivity contribution in [2.24, 2.45) is 0 Å². The van der Waals surface area contributed by atoms with Gasteiger partial charge in [-0.05, 0) is 54.2 Å². The third kappa shape index (κ3) is 3.00. The van der Waals surface area contributed by atoms with Gasteiger partial charge in [-0.1, -0.05) is 0 Å². The fraction of sp³-hybridized carbons (Fsp3) is 0.667. The van der Waals surface area contributed by atoms with Crippen molar-refractivity contribution < 1.29 is 5.11 Å². The summed E-state index contributed by atoms with van der Waals surface area (Å²) in [6.45, 7) is 3.61. The quantitative estimate of drug-likeness (QED) is 0.913. The number of rotatable bonds is 4. The minimum Gasteiger partial charge on any atom is -0.395 e. The number of hydrogen-bond acceptors (Lipinski definition) is 4. The van der Waals surface area contributed by atoms with Gasteiger partial charge in [-0.15, -0.1) is 0 Å². The molecule has 1 aromatic heterocycles. The first-order chi connectivity index (χ1) is 9.78. The van der Waals surface area contributed by atoms with Crippen molar-refractivity contribution >= 4 is 21.6 Å². The van der Waals surface area contributed by atoms with Gasteiger partial charge < -0.3 is 10.0 Å². The molecular formula is C15H22BrN3O. The van der Waals surface area contributed by atoms with E-state index in [1.807, 2.05) is 12.4 Å². The van der Waals surface area contributed by atoms with Crippen molar-refractivity contribution in [1.82, 2.24) is 9.88 Å². The van der Waals surface area contributed by atoms with Crippen LogP contribution in [-0.4, -0.2) is 53.3 Å². The average molecular weight is 340 g/mol. The summed E-state index contributed by atoms with van der Waals surface area (Å²) < 4.78 is 1.04. The van der Waals surface area contributed by atoms with Crippen LogP contribution in [-0.2, 0) is 0 Å². The number of nitrogens with zero attached hydrogens (tertiary/aromatic N) is 3. The van der Waals surface area contributed by atoms with Gasteiger partial charge in [0.15, 0.2) is 0 Å². The van der Waals surface area contributed by atoms with Crippen molar-refractivity contribution in [1.29, 1.82) is 0 Å². The van der Waals surface area contributed by atoms with Crippen LogP contribution in [0.3, 0.4) is 0 Å². The van der Waals surface area contributed by atoms with E-state index in [-0.39, 0.29) is 0 Å². The second kappa shape index (κ2) is 6.41. The van der Waals surface area contributed by atoms with Crippen LogP contribution in [0.4, 0.5) is 5.69 Å². The van der Waals surface area contributed by atoms with E-state index in [1.54, 1.807) is 0 Å². The van der Waals surface area contributed by atoms with E-state index in [0.29, 0.717) is 18.7 Å². The molecule has 1 aromatic rings. The van der Waals surface area contributed by atoms with Gasteiger partial charge in [-0.3, -0.25) is 9.88 Å². The summed E-state index contributed by atoms with van der Waals surface area (Å²) in [5.74, 6) is 0. The highest BCUT2D eigenvalue weighted by Crippen LogP contribution is 2.29. The Balaban J connectivity index is 1.69. The lowest BCUT2D eigenvalue weighted by molar-refractivity contribution is 0.153. The number of anilines is 1. The Morgan fingerprint density at radius 2 is 2.00 bits per heavy atom. The Hall–Kier alpha value is -0.650. The lowest BCUT2D eigenvalue weighted by Gasteiger charge is -2.32. The molecule has 0 aliphatic carbocycles. The molecule has 2 fully saturated rings. The lowest BCUT2D eigenvalue weighted by atomic mass is 10.1. The maximum Gasteiger partial charge on any atom is 0.0586 e. The fourth-order valence-corrected chi connectivity index (χ4v) is 3.89. The van der Waals surface area contributed by atoms with Crippen LogP contribution in [0.1, 0.15) is 25.7 Å². The van der Waals surface area contributed by atoms with Crippen LogP contribution in [0.25, 0.3) is 0 Å². The Morgan fingerprint density at radius 1 is 1.20 bits per heavy atom. The summed E-state index contributed by atoms with van der Waals surface area (Å²) in [6, 6.07) is 3.08. The van der Waals surface area contributed by atoms with Gasteiger partial charge in [0, 0.05) is 35.8 Å². The number of aliphatic hydroxyl groups excluding tert-OH is 1. The summed E-state index contributed by atoms with van der Waals surface area (Å²) >= 11 is 3.51. The molecule has 4 nitrogen and oxygen atoms in total. The molecule has 2 saturated heterocycles. The van der Waals surface area contributed by atoms with Crippen molar-refractivity contribution in [3.63, 3.8) is 0 Å². The summed E-state index contributed by atoms with van der Waals surface area (Å²) in [7, 11) is 0. The number of likely N-dealkylation sites (tertiary alicyclic amines) is 1. The van der Waals surface area contributed by atoms with E-state index in [2.05, 4.69) is 36.8 Å². The van der Waals surface area contributed by atoms with Crippen LogP contribution in [0, 0.1) is 0 Å². The molecule has 0 saturated carbocycles. The average Bonchev–Trinajstić information content (AvgIpc) is 3.08. The van der Waals surface area contributed by atoms with Gasteiger partial charge in [0.25, 0.3) is 0 Å². The molecule has 0 bridgehead atoms. The van der Waals surface area contributed by atoms with Crippen molar-refractivity contribution in [3.05, 3.63) is 22.9 Å². The summed E-state index contributed by atoms with van der Waals surface area (Å²) in [6.07, 6.45) is 8.63. The molecule has 2 atom stereocenters. The summed E-state index contributed by atoms with van der Waals surface area (Å²) in [5, 5.41) is 9.46. The fourth-order valence-electron chi connectivity index (χ4n) is 3.54. The van der Waals surface area contributed by atoms with Crippen molar-refractivity contribution in [2.45, 2.75) is 37.8 Å². The van der Waals surface area contributed by atoms with Crippen LogP contribution in [0.15, 0.2) is 22.9 Å². The summed E-state index contributed by atoms with van der Waals surface area (Å²) in [5.41, 5.74) is 1.21. The highest BCUT2D eigenvalue weighted by Gasteiger charge is 2.31. The molecular weight excluding hydrogens is 318 g/mol. The molecule has 110 valence electrons. The van der Waals surface area contributed by atoms with E-state index < -0.39 is 0 Å². The van der Waals surface area contributed by atoms with E-state index in [9.17, 15) is 5.11 Å². The molecule has 20 heavy (non-hydrogen) atoms. The predicted octanol–water partition coefficient (Wildman–Crippen LogP) is 2.27. The smallest absolute Gasteiger partial charge is 0.0586 e. The molecule has 2 aliphatic heterocycles.